The molecule has 1 atom stereocenters. The fraction of sp³-hybridized carbons (Fsp3) is 0.542. The predicted molar refractivity (Wildman–Crippen MR) is 121 cm³/mol. The van der Waals surface area contributed by atoms with Crippen molar-refractivity contribution in [3.05, 3.63) is 41.6 Å². The van der Waals surface area contributed by atoms with Crippen LogP contribution >= 0.6 is 0 Å². The third-order valence-electron chi connectivity index (χ3n) is 6.61. The molecular formula is C24H30FN5O2. The first-order valence-corrected chi connectivity index (χ1v) is 11.6. The first-order valence-electron chi connectivity index (χ1n) is 11.6. The van der Waals surface area contributed by atoms with E-state index >= 15 is 0 Å². The Hall–Kier alpha value is -2.74. The Morgan fingerprint density at radius 3 is 2.81 bits per heavy atom. The fourth-order valence-corrected chi connectivity index (χ4v) is 4.83. The Morgan fingerprint density at radius 1 is 1.22 bits per heavy atom. The highest BCUT2D eigenvalue weighted by Crippen LogP contribution is 2.37. The molecule has 1 N–H and O–H groups in total. The van der Waals surface area contributed by atoms with E-state index in [1.54, 1.807) is 19.2 Å². The number of pyridine rings is 2. The lowest BCUT2D eigenvalue weighted by Gasteiger charge is -2.29. The van der Waals surface area contributed by atoms with Gasteiger partial charge < -0.3 is 14.8 Å². The van der Waals surface area contributed by atoms with Crippen LogP contribution in [0.15, 0.2) is 24.5 Å². The van der Waals surface area contributed by atoms with Gasteiger partial charge in [-0.2, -0.15) is 5.10 Å². The fourth-order valence-electron chi connectivity index (χ4n) is 4.83. The van der Waals surface area contributed by atoms with Crippen molar-refractivity contribution in [2.24, 2.45) is 0 Å². The molecule has 0 amide bonds. The van der Waals surface area contributed by atoms with Crippen LogP contribution in [-0.4, -0.2) is 45.6 Å². The van der Waals surface area contributed by atoms with E-state index in [0.29, 0.717) is 11.5 Å². The van der Waals surface area contributed by atoms with Gasteiger partial charge in [0.25, 0.3) is 5.88 Å². The first-order chi connectivity index (χ1) is 15.6. The molecule has 2 aliphatic rings. The van der Waals surface area contributed by atoms with E-state index in [2.05, 4.69) is 33.0 Å². The van der Waals surface area contributed by atoms with Gasteiger partial charge in [-0.05, 0) is 57.6 Å². The number of rotatable bonds is 6. The van der Waals surface area contributed by atoms with Gasteiger partial charge in [-0.3, -0.25) is 4.68 Å². The number of fused-ring (bicyclic) bond motifs is 1. The van der Waals surface area contributed by atoms with Gasteiger partial charge in [-0.25, -0.2) is 14.4 Å². The van der Waals surface area contributed by atoms with Crippen molar-refractivity contribution in [3.8, 4) is 5.88 Å². The maximum absolute atomic E-state index is 14.3. The van der Waals surface area contributed by atoms with Crippen LogP contribution in [-0.2, 0) is 4.74 Å². The lowest BCUT2D eigenvalue weighted by atomic mass is 9.93. The number of hydrogen-bond acceptors (Lipinski definition) is 6. The van der Waals surface area contributed by atoms with Crippen LogP contribution in [0.3, 0.4) is 0 Å². The lowest BCUT2D eigenvalue weighted by Crippen LogP contribution is -2.27. The highest BCUT2D eigenvalue weighted by atomic mass is 19.1. The van der Waals surface area contributed by atoms with Gasteiger partial charge in [0.2, 0.25) is 0 Å². The zero-order valence-electron chi connectivity index (χ0n) is 18.7. The number of nitrogens with one attached hydrogen (secondary N) is 1. The Bertz CT molecular complexity index is 1090. The summed E-state index contributed by atoms with van der Waals surface area (Å²) in [5.41, 5.74) is 2.77. The Balaban J connectivity index is 1.37. The van der Waals surface area contributed by atoms with Crippen LogP contribution < -0.4 is 10.1 Å². The van der Waals surface area contributed by atoms with Crippen molar-refractivity contribution in [2.45, 2.75) is 64.0 Å². The molecule has 1 aliphatic carbocycles. The largest absolute Gasteiger partial charge is 0.472 e. The van der Waals surface area contributed by atoms with Gasteiger partial charge in [-0.15, -0.1) is 0 Å². The standard InChI is InChI=1S/C24H30FN5O2/c1-3-26-21-12-20-19(13-28-21)23(16-9-11-31-14-16)29-30(20)17-4-6-18(7-5-17)32-24-22(25)15(2)8-10-27-24/h8,10,12-13,16-18H,3-7,9,11,14H2,1-2H3,(H,26,28). The van der Waals surface area contributed by atoms with Gasteiger partial charge in [0, 0.05) is 42.9 Å². The van der Waals surface area contributed by atoms with Crippen molar-refractivity contribution in [3.63, 3.8) is 0 Å². The average molecular weight is 440 g/mol. The molecule has 5 rings (SSSR count). The van der Waals surface area contributed by atoms with Crippen LogP contribution in [0, 0.1) is 12.7 Å². The summed E-state index contributed by atoms with van der Waals surface area (Å²) in [5.74, 6) is 0.941. The molecule has 2 fully saturated rings. The predicted octanol–water partition coefficient (Wildman–Crippen LogP) is 4.77. The molecular weight excluding hydrogens is 409 g/mol. The van der Waals surface area contributed by atoms with Crippen molar-refractivity contribution >= 4 is 16.7 Å². The SMILES string of the molecule is CCNc1cc2c(cn1)c(C1CCOC1)nn2C1CCC(Oc2nccc(C)c2F)CC1. The number of aromatic nitrogens is 4. The second-order valence-corrected chi connectivity index (χ2v) is 8.80. The molecule has 0 radical (unpaired) electrons. The summed E-state index contributed by atoms with van der Waals surface area (Å²) in [6.45, 7) is 6.12. The zero-order chi connectivity index (χ0) is 22.1. The van der Waals surface area contributed by atoms with E-state index < -0.39 is 0 Å². The van der Waals surface area contributed by atoms with Crippen LogP contribution in [0.4, 0.5) is 10.2 Å². The molecule has 170 valence electrons. The number of ether oxygens (including phenoxy) is 2. The van der Waals surface area contributed by atoms with Crippen LogP contribution in [0.2, 0.25) is 0 Å². The smallest absolute Gasteiger partial charge is 0.250 e. The highest BCUT2D eigenvalue weighted by Gasteiger charge is 2.30. The van der Waals surface area contributed by atoms with Gasteiger partial charge in [-0.1, -0.05) is 0 Å². The van der Waals surface area contributed by atoms with Crippen molar-refractivity contribution in [1.82, 2.24) is 19.7 Å². The minimum absolute atomic E-state index is 0.0291. The second-order valence-electron chi connectivity index (χ2n) is 8.80. The van der Waals surface area contributed by atoms with Gasteiger partial charge in [0.15, 0.2) is 5.82 Å². The quantitative estimate of drug-likeness (QED) is 0.596. The molecule has 0 spiro atoms. The summed E-state index contributed by atoms with van der Waals surface area (Å²) in [6, 6.07) is 4.05. The summed E-state index contributed by atoms with van der Waals surface area (Å²) in [5, 5.41) is 9.52. The summed E-state index contributed by atoms with van der Waals surface area (Å²) < 4.78 is 28.0. The van der Waals surface area contributed by atoms with Gasteiger partial charge >= 0.3 is 0 Å². The molecule has 4 heterocycles. The maximum Gasteiger partial charge on any atom is 0.250 e. The second kappa shape index (κ2) is 9.02. The van der Waals surface area contributed by atoms with E-state index in [-0.39, 0.29) is 23.8 Å². The van der Waals surface area contributed by atoms with Crippen molar-refractivity contribution < 1.29 is 13.9 Å². The molecule has 1 unspecified atom stereocenters. The van der Waals surface area contributed by atoms with E-state index in [0.717, 1.165) is 74.3 Å². The van der Waals surface area contributed by atoms with Crippen LogP contribution in [0.25, 0.3) is 10.9 Å². The number of nitrogens with zero attached hydrogens (tertiary/aromatic N) is 4. The minimum atomic E-state index is -0.362. The molecule has 1 saturated heterocycles. The van der Waals surface area contributed by atoms with Crippen molar-refractivity contribution in [2.75, 3.05) is 25.1 Å². The molecule has 32 heavy (non-hydrogen) atoms. The topological polar surface area (TPSA) is 74.1 Å². The average Bonchev–Trinajstić information content (AvgIpc) is 3.46. The molecule has 0 bridgehead atoms. The lowest BCUT2D eigenvalue weighted by molar-refractivity contribution is 0.120. The monoisotopic (exact) mass is 439 g/mol. The van der Waals surface area contributed by atoms with E-state index in [9.17, 15) is 4.39 Å². The number of aryl methyl sites for hydroxylation is 1. The Morgan fingerprint density at radius 2 is 2.06 bits per heavy atom. The molecule has 7 nitrogen and oxygen atoms in total. The number of anilines is 1. The Labute approximate surface area is 187 Å². The van der Waals surface area contributed by atoms with Gasteiger partial charge in [0.1, 0.15) is 11.9 Å². The highest BCUT2D eigenvalue weighted by molar-refractivity contribution is 5.84. The maximum atomic E-state index is 14.3. The summed E-state index contributed by atoms with van der Waals surface area (Å²) >= 11 is 0. The van der Waals surface area contributed by atoms with Crippen LogP contribution in [0.1, 0.15) is 62.2 Å². The summed E-state index contributed by atoms with van der Waals surface area (Å²) in [4.78, 5) is 8.68. The van der Waals surface area contributed by atoms with E-state index in [4.69, 9.17) is 14.6 Å². The molecule has 1 aliphatic heterocycles. The van der Waals surface area contributed by atoms with E-state index in [1.807, 2.05) is 6.20 Å². The minimum Gasteiger partial charge on any atom is -0.472 e. The third-order valence-corrected chi connectivity index (χ3v) is 6.61. The zero-order valence-corrected chi connectivity index (χ0v) is 18.7. The molecule has 3 aromatic heterocycles. The molecule has 3 aromatic rings. The van der Waals surface area contributed by atoms with Crippen molar-refractivity contribution in [1.29, 1.82) is 0 Å². The number of halogens is 1. The summed E-state index contributed by atoms with van der Waals surface area (Å²) in [6.07, 6.45) is 8.05. The molecule has 1 saturated carbocycles. The molecule has 8 heteroatoms. The van der Waals surface area contributed by atoms with Gasteiger partial charge in [0.05, 0.1) is 23.9 Å². The Kier molecular flexibility index (Phi) is 5.95. The number of hydrogen-bond donors (Lipinski definition) is 1. The first kappa shape index (κ1) is 21.1. The normalized spacial score (nSPS) is 23.5. The van der Waals surface area contributed by atoms with Crippen LogP contribution in [0.5, 0.6) is 5.88 Å². The third kappa shape index (κ3) is 4.03. The van der Waals surface area contributed by atoms with E-state index in [1.165, 1.54) is 0 Å². The molecule has 0 aromatic carbocycles. The summed E-state index contributed by atoms with van der Waals surface area (Å²) in [7, 11) is 0.